The molecule has 208 valence electrons. The van der Waals surface area contributed by atoms with Crippen LogP contribution in [-0.2, 0) is 0 Å². The van der Waals surface area contributed by atoms with Gasteiger partial charge in [-0.3, -0.25) is 4.79 Å². The summed E-state index contributed by atoms with van der Waals surface area (Å²) < 4.78 is 0. The number of nitrogens with one attached hydrogen (secondary N) is 1. The molecule has 42 heavy (non-hydrogen) atoms. The molecule has 0 aliphatic carbocycles. The summed E-state index contributed by atoms with van der Waals surface area (Å²) in [6, 6.07) is 18.5. The van der Waals surface area contributed by atoms with E-state index in [1.807, 2.05) is 50.2 Å². The second kappa shape index (κ2) is 12.6. The molecule has 0 aliphatic heterocycles. The Morgan fingerprint density at radius 3 is 1.55 bits per heavy atom. The van der Waals surface area contributed by atoms with Crippen LogP contribution in [0, 0.1) is 13.8 Å². The summed E-state index contributed by atoms with van der Waals surface area (Å²) in [4.78, 5) is 43.4. The van der Waals surface area contributed by atoms with Gasteiger partial charge >= 0.3 is 0 Å². The average Bonchev–Trinajstić information content (AvgIpc) is 2.99. The zero-order chi connectivity index (χ0) is 29.6. The molecule has 10 nitrogen and oxygen atoms in total. The Hall–Kier alpha value is -5.06. The molecule has 0 saturated carbocycles. The van der Waals surface area contributed by atoms with Crippen LogP contribution in [0.2, 0.25) is 10.3 Å². The Morgan fingerprint density at radius 2 is 1.07 bits per heavy atom. The Bertz CT molecular complexity index is 1860. The predicted molar refractivity (Wildman–Crippen MR) is 161 cm³/mol. The minimum absolute atomic E-state index is 0.133. The van der Waals surface area contributed by atoms with E-state index in [1.54, 1.807) is 36.7 Å². The van der Waals surface area contributed by atoms with Crippen molar-refractivity contribution >= 4 is 23.2 Å². The van der Waals surface area contributed by atoms with Crippen molar-refractivity contribution in [3.05, 3.63) is 117 Å². The number of hydrogen-bond acceptors (Lipinski definition) is 9. The van der Waals surface area contributed by atoms with Gasteiger partial charge in [-0.25, -0.2) is 29.9 Å². The Balaban J connectivity index is 0.000000168. The molecule has 0 aliphatic rings. The molecule has 0 fully saturated rings. The molecule has 0 unspecified atom stereocenters. The van der Waals surface area contributed by atoms with Crippen LogP contribution in [-0.4, -0.2) is 45.0 Å². The number of hydrogen-bond donors (Lipinski definition) is 2. The molecule has 0 spiro atoms. The number of aromatic amines is 1. The molecule has 6 rings (SSSR count). The summed E-state index contributed by atoms with van der Waals surface area (Å²) in [5.41, 5.74) is 4.00. The first kappa shape index (κ1) is 28.5. The van der Waals surface area contributed by atoms with Gasteiger partial charge in [-0.1, -0.05) is 82.9 Å². The zero-order valence-electron chi connectivity index (χ0n) is 22.3. The number of benzene rings is 2. The minimum atomic E-state index is -0.436. The van der Waals surface area contributed by atoms with Crippen LogP contribution < -0.4 is 5.56 Å². The second-order valence-corrected chi connectivity index (χ2v) is 9.71. The lowest BCUT2D eigenvalue weighted by Gasteiger charge is -2.08. The van der Waals surface area contributed by atoms with E-state index in [-0.39, 0.29) is 33.4 Å². The lowest BCUT2D eigenvalue weighted by molar-refractivity contribution is 0.454. The van der Waals surface area contributed by atoms with Gasteiger partial charge in [0.1, 0.15) is 15.9 Å². The van der Waals surface area contributed by atoms with E-state index in [2.05, 4.69) is 39.9 Å². The molecule has 2 N–H and O–H groups in total. The van der Waals surface area contributed by atoms with E-state index in [9.17, 15) is 9.90 Å². The molecule has 0 atom stereocenters. The Labute approximate surface area is 250 Å². The summed E-state index contributed by atoms with van der Waals surface area (Å²) in [7, 11) is 0. The van der Waals surface area contributed by atoms with Crippen LogP contribution in [0.5, 0.6) is 5.88 Å². The Morgan fingerprint density at radius 1 is 0.619 bits per heavy atom. The highest BCUT2D eigenvalue weighted by Crippen LogP contribution is 2.33. The third-order valence-electron chi connectivity index (χ3n) is 5.94. The number of halogens is 2. The first-order valence-electron chi connectivity index (χ1n) is 12.6. The van der Waals surface area contributed by atoms with Gasteiger partial charge in [-0.2, -0.15) is 4.98 Å². The summed E-state index contributed by atoms with van der Waals surface area (Å²) >= 11 is 12.5. The summed E-state index contributed by atoms with van der Waals surface area (Å²) in [5, 5.41) is 10.6. The van der Waals surface area contributed by atoms with E-state index in [0.717, 1.165) is 16.7 Å². The number of aromatic nitrogens is 8. The lowest BCUT2D eigenvalue weighted by atomic mass is 10.1. The first-order chi connectivity index (χ1) is 20.3. The number of aromatic hydroxyl groups is 1. The quantitative estimate of drug-likeness (QED) is 0.230. The van der Waals surface area contributed by atoms with Crippen LogP contribution in [0.3, 0.4) is 0 Å². The van der Waals surface area contributed by atoms with Gasteiger partial charge in [0.05, 0.1) is 5.56 Å². The van der Waals surface area contributed by atoms with Crippen LogP contribution in [0.4, 0.5) is 0 Å². The highest BCUT2D eigenvalue weighted by Gasteiger charge is 2.16. The van der Waals surface area contributed by atoms with Crippen molar-refractivity contribution in [3.8, 4) is 51.4 Å². The number of aryl methyl sites for hydroxylation is 2. The molecule has 12 heteroatoms. The van der Waals surface area contributed by atoms with E-state index in [4.69, 9.17) is 23.2 Å². The van der Waals surface area contributed by atoms with Crippen molar-refractivity contribution < 1.29 is 5.11 Å². The van der Waals surface area contributed by atoms with Crippen LogP contribution in [0.15, 0.2) is 90.2 Å². The normalized spacial score (nSPS) is 10.6. The lowest BCUT2D eigenvalue weighted by Crippen LogP contribution is -2.13. The largest absolute Gasteiger partial charge is 0.493 e. The minimum Gasteiger partial charge on any atom is -0.493 e. The average molecular weight is 597 g/mol. The summed E-state index contributed by atoms with van der Waals surface area (Å²) in [5.74, 6) is 0.734. The smallest absolute Gasteiger partial charge is 0.263 e. The molecular formula is C30H22Cl2N8O2. The van der Waals surface area contributed by atoms with Gasteiger partial charge in [0.15, 0.2) is 17.5 Å². The highest BCUT2D eigenvalue weighted by molar-refractivity contribution is 6.37. The second-order valence-electron chi connectivity index (χ2n) is 8.99. The molecular weight excluding hydrogens is 575 g/mol. The maximum atomic E-state index is 12.2. The molecule has 0 bridgehead atoms. The number of nitrogens with zero attached hydrogens (tertiary/aromatic N) is 7. The summed E-state index contributed by atoms with van der Waals surface area (Å²) in [6.45, 7) is 3.96. The van der Waals surface area contributed by atoms with E-state index >= 15 is 0 Å². The van der Waals surface area contributed by atoms with Gasteiger partial charge in [-0.05, 0) is 37.1 Å². The first-order valence-corrected chi connectivity index (χ1v) is 13.3. The predicted octanol–water partition coefficient (Wildman–Crippen LogP) is 6.12. The molecule has 0 radical (unpaired) electrons. The van der Waals surface area contributed by atoms with Gasteiger partial charge in [0.2, 0.25) is 11.7 Å². The van der Waals surface area contributed by atoms with Crippen molar-refractivity contribution in [1.82, 2.24) is 39.9 Å². The van der Waals surface area contributed by atoms with Crippen LogP contribution in [0.25, 0.3) is 45.6 Å². The third-order valence-corrected chi connectivity index (χ3v) is 6.49. The van der Waals surface area contributed by atoms with Gasteiger partial charge in [0.25, 0.3) is 5.56 Å². The van der Waals surface area contributed by atoms with Crippen molar-refractivity contribution in [2.24, 2.45) is 0 Å². The third kappa shape index (κ3) is 6.46. The monoisotopic (exact) mass is 596 g/mol. The SMILES string of the molecule is Cc1ccc(-c2c(Cl)nc(-c3ncccn3)nc2Cl)cc1.Cc1ccc(-c2c(O)nc(-c3ncccn3)[nH]c2=O)cc1. The van der Waals surface area contributed by atoms with Crippen molar-refractivity contribution in [3.63, 3.8) is 0 Å². The molecule has 0 amide bonds. The van der Waals surface area contributed by atoms with Gasteiger partial charge in [-0.15, -0.1) is 0 Å². The fourth-order valence-corrected chi connectivity index (χ4v) is 4.46. The maximum Gasteiger partial charge on any atom is 0.263 e. The fourth-order valence-electron chi connectivity index (χ4n) is 3.85. The molecule has 4 aromatic heterocycles. The molecule has 4 heterocycles. The van der Waals surface area contributed by atoms with E-state index in [0.29, 0.717) is 22.8 Å². The van der Waals surface area contributed by atoms with E-state index in [1.165, 1.54) is 12.4 Å². The molecule has 0 saturated heterocycles. The standard InChI is InChI=1S/C15H10Cl2N4.C15H12N4O2/c1-9-3-5-10(6-4-9)11-12(16)20-15(21-13(11)17)14-18-7-2-8-19-14;1-9-3-5-10(6-4-9)11-14(20)18-13(19-15(11)21)12-16-7-2-8-17-12/h2-8H,1H3;2-8H,1H3,(H2,18,19,20,21). The van der Waals surface area contributed by atoms with Gasteiger partial charge in [0, 0.05) is 24.8 Å². The van der Waals surface area contributed by atoms with Crippen LogP contribution in [0.1, 0.15) is 11.1 Å². The van der Waals surface area contributed by atoms with Crippen molar-refractivity contribution in [1.29, 1.82) is 0 Å². The van der Waals surface area contributed by atoms with Crippen LogP contribution >= 0.6 is 23.2 Å². The van der Waals surface area contributed by atoms with Crippen molar-refractivity contribution in [2.75, 3.05) is 0 Å². The topological polar surface area (TPSA) is 143 Å². The van der Waals surface area contributed by atoms with E-state index < -0.39 is 5.56 Å². The van der Waals surface area contributed by atoms with Gasteiger partial charge < -0.3 is 10.1 Å². The number of rotatable bonds is 4. The molecule has 2 aromatic carbocycles. The van der Waals surface area contributed by atoms with Crippen molar-refractivity contribution in [2.45, 2.75) is 13.8 Å². The Kier molecular flexibility index (Phi) is 8.56. The summed E-state index contributed by atoms with van der Waals surface area (Å²) in [6.07, 6.45) is 6.29. The molecule has 6 aromatic rings. The number of H-pyrrole nitrogens is 1. The fraction of sp³-hybridized carbons (Fsp3) is 0.0667. The maximum absolute atomic E-state index is 12.2. The highest BCUT2D eigenvalue weighted by atomic mass is 35.5. The zero-order valence-corrected chi connectivity index (χ0v) is 23.8.